The lowest BCUT2D eigenvalue weighted by Gasteiger charge is -2.07. The average molecular weight is 487 g/mol. The highest BCUT2D eigenvalue weighted by Crippen LogP contribution is 2.16. The fourth-order valence-electron chi connectivity index (χ4n) is 3.16. The molecule has 30 heavy (non-hydrogen) atoms. The summed E-state index contributed by atoms with van der Waals surface area (Å²) in [6, 6.07) is 7.79. The van der Waals surface area contributed by atoms with Crippen molar-refractivity contribution in [3.63, 3.8) is 0 Å². The summed E-state index contributed by atoms with van der Waals surface area (Å²) in [6.07, 6.45) is 3.06. The lowest BCUT2D eigenvalue weighted by molar-refractivity contribution is 0.0955. The molecule has 0 radical (unpaired) electrons. The van der Waals surface area contributed by atoms with Crippen LogP contribution >= 0.6 is 27.3 Å². The van der Waals surface area contributed by atoms with Crippen molar-refractivity contribution in [3.8, 4) is 0 Å². The van der Waals surface area contributed by atoms with Gasteiger partial charge in [0.15, 0.2) is 5.65 Å². The average Bonchev–Trinajstić information content (AvgIpc) is 3.28. The van der Waals surface area contributed by atoms with Crippen LogP contribution in [-0.2, 0) is 13.1 Å². The zero-order valence-electron chi connectivity index (χ0n) is 16.4. The molecule has 4 aromatic rings. The number of hydrogen-bond acceptors (Lipinski definition) is 6. The molecule has 0 atom stereocenters. The van der Waals surface area contributed by atoms with E-state index in [9.17, 15) is 9.59 Å². The van der Waals surface area contributed by atoms with Gasteiger partial charge in [-0.05, 0) is 31.5 Å². The number of halogens is 1. The van der Waals surface area contributed by atoms with Gasteiger partial charge in [-0.15, -0.1) is 11.3 Å². The van der Waals surface area contributed by atoms with Crippen LogP contribution in [0.5, 0.6) is 0 Å². The SMILES string of the molecule is Cc1nc(C)c(C(=O)NCCn2ncc3c(=O)n(Cc4ccc(Br)cc4)cnc32)s1. The number of thiazole rings is 1. The van der Waals surface area contributed by atoms with Crippen LogP contribution in [0.4, 0.5) is 0 Å². The molecule has 0 fully saturated rings. The predicted octanol–water partition coefficient (Wildman–Crippen LogP) is 2.91. The first-order chi connectivity index (χ1) is 14.4. The van der Waals surface area contributed by atoms with Gasteiger partial charge in [-0.2, -0.15) is 5.10 Å². The van der Waals surface area contributed by atoms with Gasteiger partial charge in [-0.1, -0.05) is 28.1 Å². The number of amides is 1. The van der Waals surface area contributed by atoms with E-state index in [2.05, 4.69) is 36.3 Å². The quantitative estimate of drug-likeness (QED) is 0.452. The van der Waals surface area contributed by atoms with Gasteiger partial charge in [-0.25, -0.2) is 14.6 Å². The number of nitrogens with one attached hydrogen (secondary N) is 1. The van der Waals surface area contributed by atoms with E-state index in [1.54, 1.807) is 9.25 Å². The highest BCUT2D eigenvalue weighted by Gasteiger charge is 2.14. The van der Waals surface area contributed by atoms with Crippen LogP contribution in [-0.4, -0.2) is 36.8 Å². The number of carbonyl (C=O) groups excluding carboxylic acids is 1. The Morgan fingerprint density at radius 1 is 1.23 bits per heavy atom. The number of rotatable bonds is 6. The lowest BCUT2D eigenvalue weighted by atomic mass is 10.2. The monoisotopic (exact) mass is 486 g/mol. The highest BCUT2D eigenvalue weighted by atomic mass is 79.9. The zero-order valence-corrected chi connectivity index (χ0v) is 18.8. The molecule has 0 aliphatic heterocycles. The molecule has 10 heteroatoms. The molecule has 0 spiro atoms. The minimum Gasteiger partial charge on any atom is -0.349 e. The Balaban J connectivity index is 1.46. The summed E-state index contributed by atoms with van der Waals surface area (Å²) in [7, 11) is 0. The van der Waals surface area contributed by atoms with Crippen LogP contribution in [0.15, 0.2) is 46.1 Å². The fourth-order valence-corrected chi connectivity index (χ4v) is 4.26. The summed E-state index contributed by atoms with van der Waals surface area (Å²) in [4.78, 5) is 34.4. The molecule has 0 unspecified atom stereocenters. The smallest absolute Gasteiger partial charge is 0.264 e. The van der Waals surface area contributed by atoms with Crippen LogP contribution in [0.3, 0.4) is 0 Å². The topological polar surface area (TPSA) is 94.7 Å². The number of benzene rings is 1. The fraction of sp³-hybridized carbons (Fsp3) is 0.250. The van der Waals surface area contributed by atoms with Crippen LogP contribution in [0.2, 0.25) is 0 Å². The van der Waals surface area contributed by atoms with Crippen molar-refractivity contribution in [1.29, 1.82) is 0 Å². The molecule has 0 saturated carbocycles. The van der Waals surface area contributed by atoms with Gasteiger partial charge in [0.1, 0.15) is 16.6 Å². The largest absolute Gasteiger partial charge is 0.349 e. The standard InChI is InChI=1S/C20H19BrN6O2S/c1-12-17(30-13(2)25-12)19(28)22-7-8-27-18-16(9-24-27)20(29)26(11-23-18)10-14-3-5-15(21)6-4-14/h3-6,9,11H,7-8,10H2,1-2H3,(H,22,28). The summed E-state index contributed by atoms with van der Waals surface area (Å²) < 4.78 is 4.18. The van der Waals surface area contributed by atoms with E-state index in [4.69, 9.17) is 0 Å². The van der Waals surface area contributed by atoms with Crippen molar-refractivity contribution in [2.24, 2.45) is 0 Å². The second-order valence-electron chi connectivity index (χ2n) is 6.81. The molecule has 154 valence electrons. The second kappa shape index (κ2) is 8.49. The van der Waals surface area contributed by atoms with Gasteiger partial charge in [0.2, 0.25) is 0 Å². The maximum absolute atomic E-state index is 12.8. The van der Waals surface area contributed by atoms with Crippen LogP contribution in [0, 0.1) is 13.8 Å². The third-order valence-electron chi connectivity index (χ3n) is 4.61. The second-order valence-corrected chi connectivity index (χ2v) is 8.93. The van der Waals surface area contributed by atoms with Gasteiger partial charge in [0, 0.05) is 11.0 Å². The normalized spacial score (nSPS) is 11.2. The molecule has 0 aliphatic carbocycles. The summed E-state index contributed by atoms with van der Waals surface area (Å²) in [5, 5.41) is 8.47. The van der Waals surface area contributed by atoms with Crippen molar-refractivity contribution in [2.75, 3.05) is 6.54 Å². The van der Waals surface area contributed by atoms with Crippen LogP contribution in [0.25, 0.3) is 11.0 Å². The molecule has 8 nitrogen and oxygen atoms in total. The van der Waals surface area contributed by atoms with Gasteiger partial charge in [-0.3, -0.25) is 14.2 Å². The summed E-state index contributed by atoms with van der Waals surface area (Å²) in [6.45, 7) is 4.91. The molecule has 1 N–H and O–H groups in total. The summed E-state index contributed by atoms with van der Waals surface area (Å²) in [5.41, 5.74) is 2.10. The summed E-state index contributed by atoms with van der Waals surface area (Å²) >= 11 is 4.78. The van der Waals surface area contributed by atoms with Crippen molar-refractivity contribution >= 4 is 44.2 Å². The molecular weight excluding hydrogens is 468 g/mol. The van der Waals surface area contributed by atoms with Gasteiger partial charge in [0.05, 0.1) is 30.0 Å². The van der Waals surface area contributed by atoms with Crippen molar-refractivity contribution in [3.05, 3.63) is 72.8 Å². The molecular formula is C20H19BrN6O2S. The van der Waals surface area contributed by atoms with E-state index in [1.807, 2.05) is 38.1 Å². The Hall–Kier alpha value is -2.85. The molecule has 4 rings (SSSR count). The van der Waals surface area contributed by atoms with Crippen molar-refractivity contribution in [2.45, 2.75) is 26.9 Å². The zero-order chi connectivity index (χ0) is 21.3. The molecule has 0 saturated heterocycles. The Labute approximate surface area is 184 Å². The van der Waals surface area contributed by atoms with E-state index in [0.29, 0.717) is 35.5 Å². The van der Waals surface area contributed by atoms with E-state index < -0.39 is 0 Å². The van der Waals surface area contributed by atoms with Gasteiger partial charge in [0.25, 0.3) is 11.5 Å². The first-order valence-electron chi connectivity index (χ1n) is 9.30. The lowest BCUT2D eigenvalue weighted by Crippen LogP contribution is -2.27. The minimum atomic E-state index is -0.153. The van der Waals surface area contributed by atoms with Crippen LogP contribution in [0.1, 0.15) is 25.9 Å². The maximum Gasteiger partial charge on any atom is 0.264 e. The maximum atomic E-state index is 12.8. The Kier molecular flexibility index (Phi) is 5.78. The molecule has 0 aliphatic rings. The number of fused-ring (bicyclic) bond motifs is 1. The van der Waals surface area contributed by atoms with Crippen LogP contribution < -0.4 is 10.9 Å². The predicted molar refractivity (Wildman–Crippen MR) is 119 cm³/mol. The Morgan fingerprint density at radius 2 is 2.00 bits per heavy atom. The Bertz CT molecular complexity index is 1270. The first-order valence-corrected chi connectivity index (χ1v) is 10.9. The van der Waals surface area contributed by atoms with Crippen molar-refractivity contribution < 1.29 is 4.79 Å². The molecule has 3 aromatic heterocycles. The third-order valence-corrected chi connectivity index (χ3v) is 6.21. The van der Waals surface area contributed by atoms with E-state index >= 15 is 0 Å². The highest BCUT2D eigenvalue weighted by molar-refractivity contribution is 9.10. The van der Waals surface area contributed by atoms with Gasteiger partial charge >= 0.3 is 0 Å². The molecule has 0 bridgehead atoms. The number of nitrogens with zero attached hydrogens (tertiary/aromatic N) is 5. The minimum absolute atomic E-state index is 0.144. The van der Waals surface area contributed by atoms with E-state index in [1.165, 1.54) is 23.9 Å². The van der Waals surface area contributed by atoms with Crippen molar-refractivity contribution in [1.82, 2.24) is 29.6 Å². The number of aryl methyl sites for hydroxylation is 2. The van der Waals surface area contributed by atoms with E-state index in [-0.39, 0.29) is 11.5 Å². The summed E-state index contributed by atoms with van der Waals surface area (Å²) in [5.74, 6) is -0.153. The number of carbonyl (C=O) groups is 1. The molecule has 3 heterocycles. The Morgan fingerprint density at radius 3 is 2.70 bits per heavy atom. The van der Waals surface area contributed by atoms with E-state index in [0.717, 1.165) is 20.7 Å². The first kappa shape index (κ1) is 20.4. The molecule has 1 aromatic carbocycles. The molecule has 1 amide bonds. The van der Waals surface area contributed by atoms with Gasteiger partial charge < -0.3 is 5.32 Å². The number of hydrogen-bond donors (Lipinski definition) is 1. The number of aromatic nitrogens is 5. The third kappa shape index (κ3) is 4.19.